The molecule has 178 valence electrons. The van der Waals surface area contributed by atoms with Crippen molar-refractivity contribution in [3.63, 3.8) is 0 Å². The van der Waals surface area contributed by atoms with Crippen LogP contribution in [-0.4, -0.2) is 84.8 Å². The van der Waals surface area contributed by atoms with E-state index in [1.807, 2.05) is 0 Å². The highest BCUT2D eigenvalue weighted by atomic mass is 79.9. The fourth-order valence-corrected chi connectivity index (χ4v) is 2.30. The molecule has 0 fully saturated rings. The molecule has 0 amide bonds. The van der Waals surface area contributed by atoms with Crippen molar-refractivity contribution in [2.45, 2.75) is 13.8 Å². The van der Waals surface area contributed by atoms with Crippen molar-refractivity contribution in [2.24, 2.45) is 11.7 Å². The van der Waals surface area contributed by atoms with Crippen LogP contribution in [0, 0.1) is 0 Å². The van der Waals surface area contributed by atoms with Gasteiger partial charge in [0.25, 0.3) is 0 Å². The van der Waals surface area contributed by atoms with Crippen LogP contribution >= 0.6 is 0 Å². The number of esters is 2. The van der Waals surface area contributed by atoms with Crippen molar-refractivity contribution in [1.82, 2.24) is 0 Å². The lowest BCUT2D eigenvalue weighted by Crippen LogP contribution is -3.00. The van der Waals surface area contributed by atoms with Gasteiger partial charge in [-0.05, 0) is 26.0 Å². The maximum absolute atomic E-state index is 11.1. The highest BCUT2D eigenvalue weighted by molar-refractivity contribution is 5.76. The normalized spacial score (nSPS) is 13.0. The van der Waals surface area contributed by atoms with Crippen LogP contribution < -0.4 is 45.6 Å². The smallest absolute Gasteiger partial charge is 0.372 e. The van der Waals surface area contributed by atoms with E-state index in [1.54, 1.807) is 71.6 Å². The molecule has 2 heterocycles. The summed E-state index contributed by atoms with van der Waals surface area (Å²) in [5, 5.41) is 0. The minimum atomic E-state index is -0.288. The molecule has 0 unspecified atom stereocenters. The van der Waals surface area contributed by atoms with E-state index in [2.05, 4.69) is 11.7 Å². The van der Waals surface area contributed by atoms with Crippen LogP contribution in [0.15, 0.2) is 35.5 Å². The zero-order valence-corrected chi connectivity index (χ0v) is 21.1. The van der Waals surface area contributed by atoms with Gasteiger partial charge in [-0.2, -0.15) is 0 Å². The molecule has 0 spiro atoms. The van der Waals surface area contributed by atoms with Gasteiger partial charge in [-0.25, -0.2) is 28.3 Å². The average Bonchev–Trinajstić information content (AvgIpc) is 2.76. The summed E-state index contributed by atoms with van der Waals surface area (Å²) in [6.07, 6.45) is 10.3. The summed E-state index contributed by atoms with van der Waals surface area (Å²) in [6.45, 7) is 5.44. The van der Waals surface area contributed by atoms with Gasteiger partial charge in [0.2, 0.25) is 13.1 Å². The number of carbonyl (C=O) groups is 2. The lowest BCUT2D eigenvalue weighted by molar-refractivity contribution is -0.505. The molecule has 12 heteroatoms. The molecule has 0 saturated carbocycles. The van der Waals surface area contributed by atoms with E-state index in [0.717, 1.165) is 0 Å². The number of rotatable bonds is 6. The predicted octanol–water partition coefficient (Wildman–Crippen LogP) is -7.25. The van der Waals surface area contributed by atoms with Gasteiger partial charge in [0, 0.05) is 12.2 Å². The Kier molecular flexibility index (Phi) is 23.2. The third-order valence-corrected chi connectivity index (χ3v) is 3.47. The first-order valence-electron chi connectivity index (χ1n) is 9.16. The zero-order chi connectivity index (χ0) is 22.8. The number of ether oxygens (including phenoxy) is 2. The average molecular weight is 580 g/mol. The van der Waals surface area contributed by atoms with Crippen LogP contribution in [0.3, 0.4) is 0 Å². The monoisotopic (exact) mass is 578 g/mol. The number of carbonyl (C=O) groups excluding carboxylic acids is 4. The fourth-order valence-electron chi connectivity index (χ4n) is 2.30. The molecular weight excluding hydrogens is 552 g/mol. The molecule has 0 saturated heterocycles. The molecule has 0 aromatic rings. The Bertz CT molecular complexity index is 756. The third-order valence-electron chi connectivity index (χ3n) is 3.47. The van der Waals surface area contributed by atoms with Gasteiger partial charge >= 0.3 is 11.9 Å². The van der Waals surface area contributed by atoms with Crippen molar-refractivity contribution >= 4 is 36.3 Å². The maximum atomic E-state index is 11.1. The van der Waals surface area contributed by atoms with Crippen molar-refractivity contribution < 1.29 is 71.8 Å². The Labute approximate surface area is 208 Å². The van der Waals surface area contributed by atoms with E-state index in [-0.39, 0.29) is 59.0 Å². The Morgan fingerprint density at radius 3 is 1.47 bits per heavy atom. The number of allylic oxidation sites excluding steroid dienone is 2. The highest BCUT2D eigenvalue weighted by Gasteiger charge is 2.16. The number of hydrogen-bond donors (Lipinski definition) is 2. The minimum Gasteiger partial charge on any atom is -1.00 e. The lowest BCUT2D eigenvalue weighted by atomic mass is 10.2. The topological polar surface area (TPSA) is 145 Å². The number of hydrogen-bond acceptors (Lipinski definition) is 8. The molecule has 0 radical (unpaired) electrons. The number of nitrogens with two attached hydrogens (primary N) is 2. The van der Waals surface area contributed by atoms with Crippen molar-refractivity contribution in [3.8, 4) is 0 Å². The van der Waals surface area contributed by atoms with Crippen LogP contribution in [0.4, 0.5) is 0 Å². The van der Waals surface area contributed by atoms with E-state index in [4.69, 9.17) is 9.47 Å². The number of halogens is 2. The second-order valence-electron chi connectivity index (χ2n) is 5.69. The largest absolute Gasteiger partial charge is 1.00 e. The molecule has 0 aromatic carbocycles. The van der Waals surface area contributed by atoms with E-state index < -0.39 is 0 Å². The molecule has 0 aliphatic carbocycles. The first-order chi connectivity index (χ1) is 14.5. The molecular formula is C20H28Br2N4O6. The zero-order valence-electron chi connectivity index (χ0n) is 18.0. The molecule has 2 aliphatic heterocycles. The first-order valence-corrected chi connectivity index (χ1v) is 9.16. The predicted molar refractivity (Wildman–Crippen MR) is 110 cm³/mol. The van der Waals surface area contributed by atoms with Gasteiger partial charge in [0.05, 0.1) is 13.2 Å². The number of nitrogens with zero attached hydrogens (tertiary/aromatic N) is 2. The summed E-state index contributed by atoms with van der Waals surface area (Å²) in [4.78, 5) is 42.9. The highest BCUT2D eigenvalue weighted by Crippen LogP contribution is 1.98. The van der Waals surface area contributed by atoms with Crippen molar-refractivity contribution in [1.29, 1.82) is 0 Å². The van der Waals surface area contributed by atoms with Gasteiger partial charge < -0.3 is 43.4 Å². The Morgan fingerprint density at radius 2 is 1.19 bits per heavy atom. The summed E-state index contributed by atoms with van der Waals surface area (Å²) < 4.78 is 13.0. The van der Waals surface area contributed by atoms with Gasteiger partial charge in [-0.1, -0.05) is 0 Å². The quantitative estimate of drug-likeness (QED) is 0.104. The van der Waals surface area contributed by atoms with Crippen LogP contribution in [0.5, 0.6) is 0 Å². The first kappa shape index (κ1) is 34.2. The van der Waals surface area contributed by atoms with Gasteiger partial charge in [0.15, 0.2) is 25.5 Å². The van der Waals surface area contributed by atoms with E-state index in [1.165, 1.54) is 0 Å². The number of hydrazine groups is 1. The van der Waals surface area contributed by atoms with Crippen LogP contribution in [0.25, 0.3) is 0 Å². The molecule has 10 nitrogen and oxygen atoms in total. The minimum absolute atomic E-state index is 0. The lowest BCUT2D eigenvalue weighted by Gasteiger charge is -2.04. The van der Waals surface area contributed by atoms with Crippen molar-refractivity contribution in [3.05, 3.63) is 35.5 Å². The van der Waals surface area contributed by atoms with Gasteiger partial charge in [-0.3, -0.25) is 11.7 Å². The molecule has 2 rings (SSSR count). The van der Waals surface area contributed by atoms with Crippen LogP contribution in [-0.2, 0) is 28.7 Å². The summed E-state index contributed by atoms with van der Waals surface area (Å²) in [5.74, 6) is 11.0. The standard InChI is InChI=1S/2C10H12NO3.2BrH.H4N2/c2*1-2-14-10(13)7-11-5-3-4-9(6-11)8-12;;;1-2/h2*3-5H,2,6-7H2,1H3;2*1H;1-2H2/q2*+1;;;/p-2. The Balaban J connectivity index is -0.000000461. The summed E-state index contributed by atoms with van der Waals surface area (Å²) in [7, 11) is 0. The molecule has 0 bridgehead atoms. The second-order valence-corrected chi connectivity index (χ2v) is 5.69. The SMILES string of the molecule is CCOC(=O)C[N+]1=CC=CC(=C=O)C1.CCOC(=O)C[N+]1=CC=CC(=C=O)C1.NN.[Br-].[Br-]. The summed E-state index contributed by atoms with van der Waals surface area (Å²) in [6, 6.07) is 0. The second kappa shape index (κ2) is 21.8. The van der Waals surface area contributed by atoms with E-state index in [0.29, 0.717) is 37.4 Å². The maximum Gasteiger partial charge on any atom is 0.372 e. The Hall–Kier alpha value is -2.46. The summed E-state index contributed by atoms with van der Waals surface area (Å²) >= 11 is 0. The van der Waals surface area contributed by atoms with E-state index in [9.17, 15) is 19.2 Å². The molecule has 0 aromatic heterocycles. The molecule has 32 heavy (non-hydrogen) atoms. The Morgan fingerprint density at radius 1 is 0.844 bits per heavy atom. The fraction of sp³-hybridized carbons (Fsp3) is 0.400. The molecule has 0 atom stereocenters. The third kappa shape index (κ3) is 15.4. The van der Waals surface area contributed by atoms with Crippen LogP contribution in [0.2, 0.25) is 0 Å². The van der Waals surface area contributed by atoms with Crippen LogP contribution in [0.1, 0.15) is 13.8 Å². The summed E-state index contributed by atoms with van der Waals surface area (Å²) in [5.41, 5.74) is 1.08. The molecule has 2 aliphatic rings. The van der Waals surface area contributed by atoms with Gasteiger partial charge in [0.1, 0.15) is 23.0 Å². The molecule has 4 N–H and O–H groups in total. The van der Waals surface area contributed by atoms with Crippen molar-refractivity contribution in [2.75, 3.05) is 39.4 Å². The van der Waals surface area contributed by atoms with E-state index >= 15 is 0 Å². The van der Waals surface area contributed by atoms with Gasteiger partial charge in [-0.15, -0.1) is 0 Å².